The lowest BCUT2D eigenvalue weighted by molar-refractivity contribution is -0.207. The first-order valence-electron chi connectivity index (χ1n) is 12.9. The molecule has 1 saturated heterocycles. The number of aliphatic hydroxyl groups excluding tert-OH is 1. The van der Waals surface area contributed by atoms with Gasteiger partial charge in [-0.1, -0.05) is 23.7 Å². The molecule has 1 aliphatic rings. The van der Waals surface area contributed by atoms with Gasteiger partial charge in [0.25, 0.3) is 5.91 Å². The topological polar surface area (TPSA) is 120 Å². The van der Waals surface area contributed by atoms with E-state index in [2.05, 4.69) is 15.2 Å². The van der Waals surface area contributed by atoms with Crippen molar-refractivity contribution in [2.75, 3.05) is 19.7 Å². The molecule has 1 amide bonds. The highest BCUT2D eigenvalue weighted by molar-refractivity contribution is 6.30. The molecule has 0 aliphatic carbocycles. The third-order valence-electron chi connectivity index (χ3n) is 6.68. The van der Waals surface area contributed by atoms with E-state index in [1.165, 1.54) is 35.3 Å². The standard InChI is InChI=1S/C27H27ClF3N7O4/c1-26(2)15-35(11-12-42-26)24(40)19-5-3-4-6-20(19)38-16-32-22(33-38)14-37-25(41)36(13-21(39)27(29,30)31)23(34-37)17-7-9-18(28)10-8-17/h3-10,16,21,39H,11-15H2,1-2H3. The van der Waals surface area contributed by atoms with E-state index in [4.69, 9.17) is 16.3 Å². The van der Waals surface area contributed by atoms with Gasteiger partial charge in [-0.25, -0.2) is 19.1 Å². The normalized spacial score (nSPS) is 16.0. The van der Waals surface area contributed by atoms with Crippen LogP contribution in [0, 0.1) is 0 Å². The fourth-order valence-corrected chi connectivity index (χ4v) is 4.76. The number of amides is 1. The number of aliphatic hydroxyl groups is 1. The lowest BCUT2D eigenvalue weighted by atomic mass is 10.1. The molecule has 0 radical (unpaired) electrons. The van der Waals surface area contributed by atoms with Gasteiger partial charge in [0.1, 0.15) is 12.9 Å². The Hall–Kier alpha value is -4.01. The summed E-state index contributed by atoms with van der Waals surface area (Å²) in [6.45, 7) is 3.73. The average molecular weight is 606 g/mol. The molecule has 1 N–H and O–H groups in total. The largest absolute Gasteiger partial charge is 0.416 e. The van der Waals surface area contributed by atoms with Crippen molar-refractivity contribution in [2.24, 2.45) is 0 Å². The van der Waals surface area contributed by atoms with E-state index < -0.39 is 30.1 Å². The number of benzene rings is 2. The maximum atomic E-state index is 13.4. The highest BCUT2D eigenvalue weighted by atomic mass is 35.5. The fraction of sp³-hybridized carbons (Fsp3) is 0.370. The number of halogens is 4. The molecule has 1 aliphatic heterocycles. The van der Waals surface area contributed by atoms with Crippen LogP contribution in [0.1, 0.15) is 30.0 Å². The number of carbonyl (C=O) groups excluding carboxylic acids is 1. The molecule has 1 fully saturated rings. The predicted molar refractivity (Wildman–Crippen MR) is 145 cm³/mol. The average Bonchev–Trinajstić information content (AvgIpc) is 3.52. The molecule has 222 valence electrons. The molecule has 15 heteroatoms. The second-order valence-electron chi connectivity index (χ2n) is 10.4. The van der Waals surface area contributed by atoms with E-state index in [1.807, 2.05) is 13.8 Å². The molecular weight excluding hydrogens is 579 g/mol. The van der Waals surface area contributed by atoms with Crippen LogP contribution in [0.3, 0.4) is 0 Å². The number of alkyl halides is 3. The van der Waals surface area contributed by atoms with Crippen molar-refractivity contribution in [1.82, 2.24) is 34.0 Å². The minimum Gasteiger partial charge on any atom is -0.382 e. The zero-order valence-corrected chi connectivity index (χ0v) is 23.4. The number of rotatable bonds is 7. The summed E-state index contributed by atoms with van der Waals surface area (Å²) in [5, 5.41) is 18.7. The Kier molecular flexibility index (Phi) is 7.96. The van der Waals surface area contributed by atoms with Crippen LogP contribution in [-0.2, 0) is 17.8 Å². The van der Waals surface area contributed by atoms with Crippen LogP contribution in [0.2, 0.25) is 5.02 Å². The number of morpholine rings is 1. The Labute approximate surface area is 242 Å². The van der Waals surface area contributed by atoms with E-state index in [0.29, 0.717) is 41.5 Å². The number of para-hydroxylation sites is 1. The summed E-state index contributed by atoms with van der Waals surface area (Å²) >= 11 is 5.94. The van der Waals surface area contributed by atoms with Crippen molar-refractivity contribution in [3.8, 4) is 17.1 Å². The van der Waals surface area contributed by atoms with E-state index >= 15 is 0 Å². The Morgan fingerprint density at radius 2 is 1.86 bits per heavy atom. The van der Waals surface area contributed by atoms with Gasteiger partial charge >= 0.3 is 11.9 Å². The quantitative estimate of drug-likeness (QED) is 0.344. The molecule has 5 rings (SSSR count). The number of carbonyl (C=O) groups is 1. The van der Waals surface area contributed by atoms with Crippen molar-refractivity contribution in [3.05, 3.63) is 81.8 Å². The maximum Gasteiger partial charge on any atom is 0.416 e. The van der Waals surface area contributed by atoms with Gasteiger partial charge in [-0.05, 0) is 50.2 Å². The third kappa shape index (κ3) is 6.25. The summed E-state index contributed by atoms with van der Waals surface area (Å²) in [4.78, 5) is 32.5. The molecule has 3 heterocycles. The van der Waals surface area contributed by atoms with Gasteiger partial charge in [0.2, 0.25) is 0 Å². The summed E-state index contributed by atoms with van der Waals surface area (Å²) in [5.41, 5.74) is -0.217. The Balaban J connectivity index is 1.45. The number of hydrogen-bond donors (Lipinski definition) is 1. The summed E-state index contributed by atoms with van der Waals surface area (Å²) in [6, 6.07) is 12.9. The zero-order chi connectivity index (χ0) is 30.2. The number of hydrogen-bond acceptors (Lipinski definition) is 7. The summed E-state index contributed by atoms with van der Waals surface area (Å²) in [5.74, 6) is -0.177. The molecule has 0 saturated carbocycles. The summed E-state index contributed by atoms with van der Waals surface area (Å²) < 4.78 is 48.2. The maximum absolute atomic E-state index is 13.4. The molecule has 42 heavy (non-hydrogen) atoms. The first-order chi connectivity index (χ1) is 19.8. The fourth-order valence-electron chi connectivity index (χ4n) is 4.63. The second-order valence-corrected chi connectivity index (χ2v) is 10.8. The van der Waals surface area contributed by atoms with Crippen molar-refractivity contribution in [1.29, 1.82) is 0 Å². The summed E-state index contributed by atoms with van der Waals surface area (Å²) in [6.07, 6.45) is -6.36. The van der Waals surface area contributed by atoms with Crippen molar-refractivity contribution in [2.45, 2.75) is 44.8 Å². The number of nitrogens with zero attached hydrogens (tertiary/aromatic N) is 7. The molecule has 11 nitrogen and oxygen atoms in total. The molecule has 2 aromatic heterocycles. The monoisotopic (exact) mass is 605 g/mol. The summed E-state index contributed by atoms with van der Waals surface area (Å²) in [7, 11) is 0. The molecule has 4 aromatic rings. The van der Waals surface area contributed by atoms with Crippen molar-refractivity contribution < 1.29 is 27.8 Å². The lowest BCUT2D eigenvalue weighted by Gasteiger charge is -2.38. The van der Waals surface area contributed by atoms with Gasteiger partial charge in [0.05, 0.1) is 30.0 Å². The van der Waals surface area contributed by atoms with Gasteiger partial charge in [-0.15, -0.1) is 10.2 Å². The van der Waals surface area contributed by atoms with Gasteiger partial charge in [-0.2, -0.15) is 13.2 Å². The van der Waals surface area contributed by atoms with E-state index in [9.17, 15) is 27.9 Å². The van der Waals surface area contributed by atoms with Crippen molar-refractivity contribution in [3.63, 3.8) is 0 Å². The lowest BCUT2D eigenvalue weighted by Crippen LogP contribution is -2.50. The first-order valence-corrected chi connectivity index (χ1v) is 13.3. The third-order valence-corrected chi connectivity index (χ3v) is 6.94. The van der Waals surface area contributed by atoms with Crippen LogP contribution in [0.15, 0.2) is 59.7 Å². The smallest absolute Gasteiger partial charge is 0.382 e. The van der Waals surface area contributed by atoms with Gasteiger partial charge in [0.15, 0.2) is 17.8 Å². The highest BCUT2D eigenvalue weighted by Crippen LogP contribution is 2.25. The predicted octanol–water partition coefficient (Wildman–Crippen LogP) is 3.17. The first kappa shape index (κ1) is 29.5. The molecule has 1 atom stereocenters. The van der Waals surface area contributed by atoms with Crippen molar-refractivity contribution >= 4 is 17.5 Å². The van der Waals surface area contributed by atoms with Crippen LogP contribution < -0.4 is 5.69 Å². The number of ether oxygens (including phenoxy) is 1. The minimum atomic E-state index is -4.94. The second kappa shape index (κ2) is 11.3. The SMILES string of the molecule is CC1(C)CN(C(=O)c2ccccc2-n2cnc(Cn3nc(-c4ccc(Cl)cc4)n(CC(O)C(F)(F)F)c3=O)n2)CCO1. The molecule has 1 unspecified atom stereocenters. The van der Waals surface area contributed by atoms with Crippen LogP contribution in [-0.4, -0.2) is 82.6 Å². The van der Waals surface area contributed by atoms with E-state index in [-0.39, 0.29) is 24.1 Å². The zero-order valence-electron chi connectivity index (χ0n) is 22.6. The van der Waals surface area contributed by atoms with Gasteiger partial charge in [0, 0.05) is 23.7 Å². The molecule has 0 bridgehead atoms. The van der Waals surface area contributed by atoms with E-state index in [0.717, 1.165) is 9.25 Å². The highest BCUT2D eigenvalue weighted by Gasteiger charge is 2.39. The number of aromatic nitrogens is 6. The van der Waals surface area contributed by atoms with E-state index in [1.54, 1.807) is 29.2 Å². The molecule has 0 spiro atoms. The Bertz CT molecular complexity index is 1650. The van der Waals surface area contributed by atoms with Crippen LogP contribution in [0.4, 0.5) is 13.2 Å². The van der Waals surface area contributed by atoms with Crippen LogP contribution in [0.25, 0.3) is 17.1 Å². The minimum absolute atomic E-state index is 0.0937. The van der Waals surface area contributed by atoms with Gasteiger partial charge < -0.3 is 14.7 Å². The Morgan fingerprint density at radius 1 is 1.14 bits per heavy atom. The van der Waals surface area contributed by atoms with Crippen LogP contribution >= 0.6 is 11.6 Å². The Morgan fingerprint density at radius 3 is 2.55 bits per heavy atom. The molecule has 2 aromatic carbocycles. The molecular formula is C27H27ClF3N7O4. The van der Waals surface area contributed by atoms with Gasteiger partial charge in [-0.3, -0.25) is 9.36 Å². The van der Waals surface area contributed by atoms with Crippen LogP contribution in [0.5, 0.6) is 0 Å².